The Kier molecular flexibility index (Phi) is 4.70. The van der Waals surface area contributed by atoms with Gasteiger partial charge in [0.2, 0.25) is 5.91 Å². The van der Waals surface area contributed by atoms with Gasteiger partial charge in [-0.15, -0.1) is 0 Å². The summed E-state index contributed by atoms with van der Waals surface area (Å²) in [6.45, 7) is 4.73. The highest BCUT2D eigenvalue weighted by Crippen LogP contribution is 2.43. The number of aromatic nitrogens is 2. The largest absolute Gasteiger partial charge is 0.374 e. The Labute approximate surface area is 160 Å². The van der Waals surface area contributed by atoms with Gasteiger partial charge in [-0.1, -0.05) is 0 Å². The molecular weight excluding hydrogens is 344 g/mol. The zero-order valence-electron chi connectivity index (χ0n) is 15.9. The molecule has 1 spiro atoms. The van der Waals surface area contributed by atoms with Gasteiger partial charge in [0, 0.05) is 31.4 Å². The van der Waals surface area contributed by atoms with Gasteiger partial charge >= 0.3 is 0 Å². The summed E-state index contributed by atoms with van der Waals surface area (Å²) in [4.78, 5) is 17.5. The van der Waals surface area contributed by atoms with Crippen molar-refractivity contribution in [2.45, 2.75) is 56.3 Å². The van der Waals surface area contributed by atoms with Crippen LogP contribution < -0.4 is 0 Å². The predicted molar refractivity (Wildman–Crippen MR) is 99.1 cm³/mol. The van der Waals surface area contributed by atoms with Crippen LogP contribution in [0.1, 0.15) is 50.3 Å². The highest BCUT2D eigenvalue weighted by molar-refractivity contribution is 5.77. The third kappa shape index (κ3) is 3.65. The molecule has 1 aromatic heterocycles. The van der Waals surface area contributed by atoms with Gasteiger partial charge in [0.15, 0.2) is 0 Å². The van der Waals surface area contributed by atoms with E-state index in [9.17, 15) is 4.79 Å². The van der Waals surface area contributed by atoms with Crippen molar-refractivity contribution in [3.8, 4) is 0 Å². The smallest absolute Gasteiger partial charge is 0.225 e. The minimum Gasteiger partial charge on any atom is -0.374 e. The highest BCUT2D eigenvalue weighted by Gasteiger charge is 2.48. The fourth-order valence-electron chi connectivity index (χ4n) is 4.74. The molecule has 3 heterocycles. The quantitative estimate of drug-likeness (QED) is 0.850. The maximum Gasteiger partial charge on any atom is 0.225 e. The lowest BCUT2D eigenvalue weighted by Gasteiger charge is -2.55. The fraction of sp³-hybridized carbons (Fsp3) is 0.800. The van der Waals surface area contributed by atoms with Crippen molar-refractivity contribution in [2.24, 2.45) is 5.92 Å². The number of carbonyl (C=O) groups excluding carboxylic acids is 1. The van der Waals surface area contributed by atoms with Crippen molar-refractivity contribution in [3.05, 3.63) is 18.0 Å². The Balaban J connectivity index is 1.18. The number of morpholine rings is 2. The number of amides is 1. The van der Waals surface area contributed by atoms with Crippen LogP contribution >= 0.6 is 0 Å². The second-order valence-electron chi connectivity index (χ2n) is 8.77. The molecule has 2 aliphatic carbocycles. The first-order valence-electron chi connectivity index (χ1n) is 10.5. The Morgan fingerprint density at radius 3 is 2.89 bits per heavy atom. The van der Waals surface area contributed by atoms with E-state index in [2.05, 4.69) is 15.1 Å². The van der Waals surface area contributed by atoms with Crippen LogP contribution in [0.4, 0.5) is 0 Å². The summed E-state index contributed by atoms with van der Waals surface area (Å²) in [6.07, 6.45) is 8.70. The van der Waals surface area contributed by atoms with Crippen molar-refractivity contribution in [1.29, 1.82) is 0 Å². The number of nitrogens with one attached hydrogen (secondary N) is 1. The van der Waals surface area contributed by atoms with Crippen LogP contribution in [0.3, 0.4) is 0 Å². The highest BCUT2D eigenvalue weighted by atomic mass is 16.5. The molecular formula is C20H30N4O3. The Hall–Kier alpha value is -1.44. The van der Waals surface area contributed by atoms with Crippen molar-refractivity contribution >= 4 is 5.91 Å². The lowest BCUT2D eigenvalue weighted by Crippen LogP contribution is -2.63. The van der Waals surface area contributed by atoms with E-state index < -0.39 is 0 Å². The minimum atomic E-state index is -0.109. The molecule has 5 rings (SSSR count). The number of H-pyrrole nitrogens is 1. The van der Waals surface area contributed by atoms with Gasteiger partial charge in [-0.25, -0.2) is 0 Å². The SMILES string of the molecule is O=C(CC1CN(CC2CC2)C2(CCC2)CO1)N1CCOC(c2ccn[nH]2)C1. The van der Waals surface area contributed by atoms with Gasteiger partial charge in [-0.05, 0) is 44.1 Å². The average molecular weight is 374 g/mol. The van der Waals surface area contributed by atoms with Gasteiger partial charge in [0.25, 0.3) is 0 Å². The van der Waals surface area contributed by atoms with Gasteiger partial charge < -0.3 is 14.4 Å². The molecule has 0 bridgehead atoms. The standard InChI is InChI=1S/C20H30N4O3/c25-19(23-8-9-26-18(13-23)17-4-7-21-22-17)10-16-12-24(11-15-2-3-15)20(14-27-16)5-1-6-20/h4,7,15-16,18H,1-3,5-6,8-14H2,(H,21,22). The van der Waals surface area contributed by atoms with Crippen LogP contribution in [0.5, 0.6) is 0 Å². The Morgan fingerprint density at radius 2 is 2.19 bits per heavy atom. The second-order valence-corrected chi connectivity index (χ2v) is 8.77. The molecule has 1 amide bonds. The van der Waals surface area contributed by atoms with Gasteiger partial charge in [0.1, 0.15) is 6.10 Å². The second kappa shape index (κ2) is 7.18. The minimum absolute atomic E-state index is 0.0240. The van der Waals surface area contributed by atoms with E-state index in [1.54, 1.807) is 6.20 Å². The van der Waals surface area contributed by atoms with Crippen LogP contribution in [0.2, 0.25) is 0 Å². The number of nitrogens with zero attached hydrogens (tertiary/aromatic N) is 3. The molecule has 4 aliphatic rings. The third-order valence-corrected chi connectivity index (χ3v) is 6.83. The summed E-state index contributed by atoms with van der Waals surface area (Å²) in [6, 6.07) is 1.91. The average Bonchev–Trinajstić information content (AvgIpc) is 3.30. The maximum atomic E-state index is 12.9. The molecule has 4 fully saturated rings. The Bertz CT molecular complexity index is 656. The molecule has 7 heteroatoms. The van der Waals surface area contributed by atoms with Crippen LogP contribution in [-0.2, 0) is 14.3 Å². The van der Waals surface area contributed by atoms with Gasteiger partial charge in [0.05, 0.1) is 38.0 Å². The zero-order valence-corrected chi connectivity index (χ0v) is 15.9. The molecule has 0 radical (unpaired) electrons. The first-order chi connectivity index (χ1) is 13.2. The van der Waals surface area contributed by atoms with Gasteiger partial charge in [-0.3, -0.25) is 14.8 Å². The predicted octanol–water partition coefficient (Wildman–Crippen LogP) is 1.73. The molecule has 148 valence electrons. The monoisotopic (exact) mass is 374 g/mol. The van der Waals surface area contributed by atoms with E-state index in [1.165, 1.54) is 38.6 Å². The van der Waals surface area contributed by atoms with Crippen molar-refractivity contribution < 1.29 is 14.3 Å². The summed E-state index contributed by atoms with van der Waals surface area (Å²) in [5.41, 5.74) is 1.22. The first-order valence-corrected chi connectivity index (χ1v) is 10.5. The molecule has 2 unspecified atom stereocenters. The molecule has 1 aromatic rings. The fourth-order valence-corrected chi connectivity index (χ4v) is 4.74. The van der Waals surface area contributed by atoms with E-state index in [4.69, 9.17) is 9.47 Å². The molecule has 2 atom stereocenters. The van der Waals surface area contributed by atoms with Crippen LogP contribution in [-0.4, -0.2) is 76.9 Å². The van der Waals surface area contributed by atoms with Crippen molar-refractivity contribution in [2.75, 3.05) is 39.4 Å². The summed E-state index contributed by atoms with van der Waals surface area (Å²) >= 11 is 0. The number of rotatable bonds is 5. The summed E-state index contributed by atoms with van der Waals surface area (Å²) in [7, 11) is 0. The lowest BCUT2D eigenvalue weighted by atomic mass is 9.74. The zero-order chi connectivity index (χ0) is 18.3. The van der Waals surface area contributed by atoms with Crippen LogP contribution in [0.15, 0.2) is 12.3 Å². The molecule has 27 heavy (non-hydrogen) atoms. The van der Waals surface area contributed by atoms with E-state index in [0.29, 0.717) is 26.1 Å². The summed E-state index contributed by atoms with van der Waals surface area (Å²) < 4.78 is 12.0. The molecule has 2 saturated carbocycles. The first kappa shape index (κ1) is 17.6. The van der Waals surface area contributed by atoms with E-state index >= 15 is 0 Å². The third-order valence-electron chi connectivity index (χ3n) is 6.83. The normalized spacial score (nSPS) is 31.0. The number of hydrogen-bond donors (Lipinski definition) is 1. The van der Waals surface area contributed by atoms with Crippen molar-refractivity contribution in [1.82, 2.24) is 20.0 Å². The Morgan fingerprint density at radius 1 is 1.30 bits per heavy atom. The molecule has 2 aliphatic heterocycles. The maximum absolute atomic E-state index is 12.9. The van der Waals surface area contributed by atoms with Gasteiger partial charge in [-0.2, -0.15) is 5.10 Å². The van der Waals surface area contributed by atoms with E-state index in [1.807, 2.05) is 11.0 Å². The number of carbonyl (C=O) groups is 1. The van der Waals surface area contributed by atoms with E-state index in [0.717, 1.165) is 24.8 Å². The number of hydrogen-bond acceptors (Lipinski definition) is 5. The van der Waals surface area contributed by atoms with E-state index in [-0.39, 0.29) is 23.7 Å². The van der Waals surface area contributed by atoms with Crippen LogP contribution in [0, 0.1) is 5.92 Å². The van der Waals surface area contributed by atoms with Crippen LogP contribution in [0.25, 0.3) is 0 Å². The number of aromatic amines is 1. The molecule has 2 saturated heterocycles. The summed E-state index contributed by atoms with van der Waals surface area (Å²) in [5.74, 6) is 1.06. The summed E-state index contributed by atoms with van der Waals surface area (Å²) in [5, 5.41) is 6.95. The van der Waals surface area contributed by atoms with Crippen molar-refractivity contribution in [3.63, 3.8) is 0 Å². The molecule has 1 N–H and O–H groups in total. The lowest BCUT2D eigenvalue weighted by molar-refractivity contribution is -0.160. The topological polar surface area (TPSA) is 70.7 Å². The number of ether oxygens (including phenoxy) is 2. The molecule has 0 aromatic carbocycles. The molecule has 7 nitrogen and oxygen atoms in total.